The van der Waals surface area contributed by atoms with Gasteiger partial charge < -0.3 is 5.11 Å². The van der Waals surface area contributed by atoms with Gasteiger partial charge in [-0.25, -0.2) is 0 Å². The zero-order valence-electron chi connectivity index (χ0n) is 5.30. The standard InChI is InChI=1S/C7H8Cl2O/c8-7(9)5-3-1-2-4(5)6(7)10/h1,3-6,10H,2H2/t4-,5+,6-/m0/s1. The summed E-state index contributed by atoms with van der Waals surface area (Å²) in [7, 11) is 0. The smallest absolute Gasteiger partial charge is 0.150 e. The minimum absolute atomic E-state index is 0.186. The molecule has 0 heterocycles. The first-order valence-corrected chi connectivity index (χ1v) is 4.12. The summed E-state index contributed by atoms with van der Waals surface area (Å²) in [6.45, 7) is 0. The number of fused-ring (bicyclic) bond motifs is 1. The summed E-state index contributed by atoms with van der Waals surface area (Å²) in [6, 6.07) is 0. The molecular weight excluding hydrogens is 171 g/mol. The molecule has 0 aliphatic heterocycles. The van der Waals surface area contributed by atoms with E-state index in [1.165, 1.54) is 0 Å². The van der Waals surface area contributed by atoms with Crippen molar-refractivity contribution in [3.05, 3.63) is 12.2 Å². The van der Waals surface area contributed by atoms with Gasteiger partial charge >= 0.3 is 0 Å². The van der Waals surface area contributed by atoms with Gasteiger partial charge in [0.25, 0.3) is 0 Å². The highest BCUT2D eigenvalue weighted by Gasteiger charge is 2.59. The Morgan fingerprint density at radius 3 is 2.80 bits per heavy atom. The van der Waals surface area contributed by atoms with Crippen LogP contribution < -0.4 is 0 Å². The maximum Gasteiger partial charge on any atom is 0.150 e. The van der Waals surface area contributed by atoms with Gasteiger partial charge in [0.05, 0.1) is 6.10 Å². The van der Waals surface area contributed by atoms with Crippen LogP contribution in [0.5, 0.6) is 0 Å². The van der Waals surface area contributed by atoms with Crippen LogP contribution in [0.3, 0.4) is 0 Å². The van der Waals surface area contributed by atoms with Gasteiger partial charge in [0, 0.05) is 11.8 Å². The van der Waals surface area contributed by atoms with Crippen LogP contribution in [0.15, 0.2) is 12.2 Å². The van der Waals surface area contributed by atoms with Crippen LogP contribution in [0.25, 0.3) is 0 Å². The summed E-state index contributed by atoms with van der Waals surface area (Å²) >= 11 is 11.6. The van der Waals surface area contributed by atoms with Gasteiger partial charge in [-0.1, -0.05) is 35.4 Å². The Labute approximate surface area is 69.6 Å². The van der Waals surface area contributed by atoms with Crippen LogP contribution in [0.2, 0.25) is 0 Å². The number of aliphatic hydroxyl groups excluding tert-OH is 1. The molecule has 0 aromatic heterocycles. The average molecular weight is 179 g/mol. The number of rotatable bonds is 0. The molecule has 1 saturated carbocycles. The van der Waals surface area contributed by atoms with Crippen LogP contribution in [-0.2, 0) is 0 Å². The molecule has 2 aliphatic rings. The van der Waals surface area contributed by atoms with Crippen molar-refractivity contribution >= 4 is 23.2 Å². The number of aliphatic hydroxyl groups is 1. The fourth-order valence-electron chi connectivity index (χ4n) is 1.77. The lowest BCUT2D eigenvalue weighted by molar-refractivity contribution is -0.0159. The predicted molar refractivity (Wildman–Crippen MR) is 41.2 cm³/mol. The van der Waals surface area contributed by atoms with Crippen molar-refractivity contribution < 1.29 is 5.11 Å². The predicted octanol–water partition coefficient (Wildman–Crippen LogP) is 1.73. The summed E-state index contributed by atoms with van der Waals surface area (Å²) in [5.74, 6) is 0.473. The molecule has 1 fully saturated rings. The SMILES string of the molecule is O[C@H]1[C@H]2CC=C[C@H]2C1(Cl)Cl. The van der Waals surface area contributed by atoms with E-state index in [9.17, 15) is 5.11 Å². The van der Waals surface area contributed by atoms with Crippen LogP contribution in [0.1, 0.15) is 6.42 Å². The maximum atomic E-state index is 9.34. The second-order valence-electron chi connectivity index (χ2n) is 2.97. The minimum atomic E-state index is -0.905. The molecule has 1 N–H and O–H groups in total. The highest BCUT2D eigenvalue weighted by molar-refractivity contribution is 6.50. The Bertz CT molecular complexity index is 188. The average Bonchev–Trinajstić information content (AvgIpc) is 2.31. The van der Waals surface area contributed by atoms with Crippen molar-refractivity contribution in [2.75, 3.05) is 0 Å². The third kappa shape index (κ3) is 0.635. The number of halogens is 2. The van der Waals surface area contributed by atoms with Crippen LogP contribution >= 0.6 is 23.2 Å². The zero-order valence-corrected chi connectivity index (χ0v) is 6.81. The monoisotopic (exact) mass is 178 g/mol. The van der Waals surface area contributed by atoms with Gasteiger partial charge in [0.2, 0.25) is 0 Å². The molecule has 2 rings (SSSR count). The van der Waals surface area contributed by atoms with Crippen LogP contribution in [0, 0.1) is 11.8 Å². The fourth-order valence-corrected chi connectivity index (χ4v) is 2.57. The molecule has 0 amide bonds. The molecule has 0 saturated heterocycles. The maximum absolute atomic E-state index is 9.34. The first-order valence-electron chi connectivity index (χ1n) is 3.36. The first kappa shape index (κ1) is 6.96. The molecule has 0 radical (unpaired) electrons. The number of alkyl halides is 2. The Balaban J connectivity index is 2.21. The molecule has 0 aromatic carbocycles. The van der Waals surface area contributed by atoms with Crippen molar-refractivity contribution in [1.82, 2.24) is 0 Å². The quantitative estimate of drug-likeness (QED) is 0.443. The van der Waals surface area contributed by atoms with E-state index in [2.05, 4.69) is 0 Å². The summed E-state index contributed by atoms with van der Waals surface area (Å²) in [4.78, 5) is 0. The number of hydrogen-bond acceptors (Lipinski definition) is 1. The first-order chi connectivity index (χ1) is 4.64. The van der Waals surface area contributed by atoms with E-state index < -0.39 is 10.4 Å². The van der Waals surface area contributed by atoms with Crippen LogP contribution in [0.4, 0.5) is 0 Å². The van der Waals surface area contributed by atoms with E-state index in [1.54, 1.807) is 0 Å². The van der Waals surface area contributed by atoms with E-state index in [-0.39, 0.29) is 11.8 Å². The molecule has 1 nitrogen and oxygen atoms in total. The van der Waals surface area contributed by atoms with Crippen molar-refractivity contribution in [3.8, 4) is 0 Å². The van der Waals surface area contributed by atoms with Gasteiger partial charge in [0.1, 0.15) is 0 Å². The van der Waals surface area contributed by atoms with E-state index in [0.717, 1.165) is 6.42 Å². The normalized spacial score (nSPS) is 48.5. The lowest BCUT2D eigenvalue weighted by Crippen LogP contribution is -2.57. The van der Waals surface area contributed by atoms with Gasteiger partial charge in [0.15, 0.2) is 4.33 Å². The van der Waals surface area contributed by atoms with Crippen molar-refractivity contribution in [1.29, 1.82) is 0 Å². The van der Waals surface area contributed by atoms with E-state index in [4.69, 9.17) is 23.2 Å². The third-order valence-corrected chi connectivity index (χ3v) is 3.41. The Hall–Kier alpha value is 0.280. The molecule has 10 heavy (non-hydrogen) atoms. The zero-order chi connectivity index (χ0) is 7.35. The van der Waals surface area contributed by atoms with E-state index in [0.29, 0.717) is 0 Å². The summed E-state index contributed by atoms with van der Waals surface area (Å²) in [6.07, 6.45) is 4.42. The molecule has 0 unspecified atom stereocenters. The van der Waals surface area contributed by atoms with Gasteiger partial charge in [-0.05, 0) is 6.42 Å². The number of allylic oxidation sites excluding steroid dienone is 2. The lowest BCUT2D eigenvalue weighted by atomic mass is 9.72. The minimum Gasteiger partial charge on any atom is -0.390 e. The molecule has 0 bridgehead atoms. The largest absolute Gasteiger partial charge is 0.390 e. The van der Waals surface area contributed by atoms with Crippen LogP contribution in [-0.4, -0.2) is 15.5 Å². The Kier molecular flexibility index (Phi) is 1.32. The molecule has 56 valence electrons. The van der Waals surface area contributed by atoms with Gasteiger partial charge in [-0.15, -0.1) is 0 Å². The van der Waals surface area contributed by atoms with E-state index in [1.807, 2.05) is 12.2 Å². The van der Waals surface area contributed by atoms with Crippen molar-refractivity contribution in [2.45, 2.75) is 16.9 Å². The topological polar surface area (TPSA) is 20.2 Å². The molecule has 0 aromatic rings. The molecule has 3 heteroatoms. The molecule has 3 atom stereocenters. The Morgan fingerprint density at radius 1 is 1.50 bits per heavy atom. The van der Waals surface area contributed by atoms with E-state index >= 15 is 0 Å². The summed E-state index contributed by atoms with van der Waals surface area (Å²) in [5.41, 5.74) is 0. The van der Waals surface area contributed by atoms with Crippen molar-refractivity contribution in [2.24, 2.45) is 11.8 Å². The third-order valence-electron chi connectivity index (χ3n) is 2.46. The van der Waals surface area contributed by atoms with Gasteiger partial charge in [-0.3, -0.25) is 0 Å². The molecule has 0 spiro atoms. The highest BCUT2D eigenvalue weighted by atomic mass is 35.5. The fraction of sp³-hybridized carbons (Fsp3) is 0.714. The van der Waals surface area contributed by atoms with Crippen molar-refractivity contribution in [3.63, 3.8) is 0 Å². The summed E-state index contributed by atoms with van der Waals surface area (Å²) < 4.78 is -0.905. The second kappa shape index (κ2) is 1.90. The Morgan fingerprint density at radius 2 is 2.20 bits per heavy atom. The second-order valence-corrected chi connectivity index (χ2v) is 4.42. The summed E-state index contributed by atoms with van der Waals surface area (Å²) in [5, 5.41) is 9.34. The molecule has 2 aliphatic carbocycles. The lowest BCUT2D eigenvalue weighted by Gasteiger charge is -2.48. The molecular formula is C7H8Cl2O. The highest BCUT2D eigenvalue weighted by Crippen LogP contribution is 2.56. The number of hydrogen-bond donors (Lipinski definition) is 1. The van der Waals surface area contributed by atoms with Gasteiger partial charge in [-0.2, -0.15) is 0 Å².